The lowest BCUT2D eigenvalue weighted by molar-refractivity contribution is -0.138. The van der Waals surface area contributed by atoms with E-state index in [1.807, 2.05) is 24.3 Å². The van der Waals surface area contributed by atoms with Gasteiger partial charge >= 0.3 is 5.97 Å². The zero-order valence-corrected chi connectivity index (χ0v) is 17.0. The number of benzene rings is 2. The number of hydrogen-bond acceptors (Lipinski definition) is 5. The molecule has 0 atom stereocenters. The Morgan fingerprint density at radius 3 is 2.70 bits per heavy atom. The number of rotatable bonds is 7. The Labute approximate surface area is 173 Å². The molecular formula is C23H24N2O5. The maximum absolute atomic E-state index is 13.4. The van der Waals surface area contributed by atoms with Gasteiger partial charge in [0.15, 0.2) is 5.78 Å². The summed E-state index contributed by atoms with van der Waals surface area (Å²) in [6, 6.07) is 11.1. The van der Waals surface area contributed by atoms with Crippen LogP contribution in [0.4, 0.5) is 5.69 Å². The van der Waals surface area contributed by atoms with Gasteiger partial charge in [-0.15, -0.1) is 0 Å². The molecule has 0 unspecified atom stereocenters. The van der Waals surface area contributed by atoms with Gasteiger partial charge in [-0.1, -0.05) is 26.0 Å². The standard InChI is InChI=1S/C23H24N2O5/c1-23(2)17-6-4-14(30-10-9-29-8-7-19(26)27)12-16(17)21(28)20-15-5-3-13(24)11-18(15)25-22(20)23/h3-6,11-12,25H,7-10,24H2,1-2H3,(H,26,27). The van der Waals surface area contributed by atoms with Crippen molar-refractivity contribution in [2.45, 2.75) is 25.7 Å². The van der Waals surface area contributed by atoms with Crippen LogP contribution in [0, 0.1) is 0 Å². The van der Waals surface area contributed by atoms with Crippen molar-refractivity contribution < 1.29 is 24.2 Å². The molecule has 3 aromatic rings. The summed E-state index contributed by atoms with van der Waals surface area (Å²) in [4.78, 5) is 27.3. The van der Waals surface area contributed by atoms with Crippen LogP contribution in [0.2, 0.25) is 0 Å². The minimum atomic E-state index is -0.897. The van der Waals surface area contributed by atoms with E-state index in [1.54, 1.807) is 12.1 Å². The summed E-state index contributed by atoms with van der Waals surface area (Å²) >= 11 is 0. The number of carboxylic acid groups (broad SMARTS) is 1. The van der Waals surface area contributed by atoms with Crippen LogP contribution >= 0.6 is 0 Å². The molecule has 4 N–H and O–H groups in total. The molecule has 0 radical (unpaired) electrons. The smallest absolute Gasteiger partial charge is 0.305 e. The van der Waals surface area contributed by atoms with Crippen molar-refractivity contribution in [2.75, 3.05) is 25.6 Å². The fourth-order valence-electron chi connectivity index (χ4n) is 4.02. The van der Waals surface area contributed by atoms with Gasteiger partial charge < -0.3 is 25.3 Å². The summed E-state index contributed by atoms with van der Waals surface area (Å²) in [5.74, 6) is -0.364. The van der Waals surface area contributed by atoms with Crippen LogP contribution in [-0.4, -0.2) is 41.7 Å². The predicted octanol–water partition coefficient (Wildman–Crippen LogP) is 3.49. The quantitative estimate of drug-likeness (QED) is 0.407. The van der Waals surface area contributed by atoms with Crippen LogP contribution in [0.25, 0.3) is 10.9 Å². The molecule has 30 heavy (non-hydrogen) atoms. The first kappa shape index (κ1) is 20.0. The van der Waals surface area contributed by atoms with Gasteiger partial charge in [-0.2, -0.15) is 0 Å². The molecule has 0 fully saturated rings. The van der Waals surface area contributed by atoms with E-state index in [0.29, 0.717) is 22.6 Å². The van der Waals surface area contributed by atoms with Crippen molar-refractivity contribution >= 4 is 28.3 Å². The third kappa shape index (κ3) is 3.41. The zero-order valence-electron chi connectivity index (χ0n) is 17.0. The fourth-order valence-corrected chi connectivity index (χ4v) is 4.02. The van der Waals surface area contributed by atoms with Gasteiger partial charge in [-0.3, -0.25) is 9.59 Å². The molecule has 0 saturated heterocycles. The Hall–Kier alpha value is -3.32. The van der Waals surface area contributed by atoms with Crippen LogP contribution in [0.1, 0.15) is 47.4 Å². The highest BCUT2D eigenvalue weighted by atomic mass is 16.5. The summed E-state index contributed by atoms with van der Waals surface area (Å²) in [6.07, 6.45) is -0.0406. The molecule has 0 bridgehead atoms. The van der Waals surface area contributed by atoms with Gasteiger partial charge in [0.2, 0.25) is 0 Å². The molecule has 4 rings (SSSR count). The van der Waals surface area contributed by atoms with Crippen molar-refractivity contribution in [1.29, 1.82) is 0 Å². The summed E-state index contributed by atoms with van der Waals surface area (Å²) in [5.41, 5.74) is 10.2. The number of aliphatic carboxylic acids is 1. The molecule has 7 nitrogen and oxygen atoms in total. The number of H-pyrrole nitrogens is 1. The lowest BCUT2D eigenvalue weighted by Crippen LogP contribution is -2.30. The van der Waals surface area contributed by atoms with Crippen LogP contribution in [0.3, 0.4) is 0 Å². The molecule has 0 aliphatic heterocycles. The molecular weight excluding hydrogens is 384 g/mol. The molecule has 156 valence electrons. The first-order chi connectivity index (χ1) is 14.3. The molecule has 0 spiro atoms. The van der Waals surface area contributed by atoms with Gasteiger partial charge in [0, 0.05) is 33.3 Å². The largest absolute Gasteiger partial charge is 0.491 e. The van der Waals surface area contributed by atoms with E-state index in [2.05, 4.69) is 18.8 Å². The highest BCUT2D eigenvalue weighted by Gasteiger charge is 2.39. The first-order valence-corrected chi connectivity index (χ1v) is 9.82. The minimum Gasteiger partial charge on any atom is -0.491 e. The monoisotopic (exact) mass is 408 g/mol. The third-order valence-corrected chi connectivity index (χ3v) is 5.54. The van der Waals surface area contributed by atoms with E-state index in [9.17, 15) is 9.59 Å². The van der Waals surface area contributed by atoms with Gasteiger partial charge in [-0.25, -0.2) is 0 Å². The Bertz CT molecular complexity index is 1150. The second-order valence-electron chi connectivity index (χ2n) is 7.95. The normalized spacial score (nSPS) is 14.4. The highest BCUT2D eigenvalue weighted by Crippen LogP contribution is 2.44. The number of carbonyl (C=O) groups excluding carboxylic acids is 1. The van der Waals surface area contributed by atoms with Crippen LogP contribution in [-0.2, 0) is 14.9 Å². The van der Waals surface area contributed by atoms with Crippen molar-refractivity contribution in [3.8, 4) is 5.75 Å². The van der Waals surface area contributed by atoms with Gasteiger partial charge in [0.05, 0.1) is 25.2 Å². The SMILES string of the molecule is CC1(C)c2ccc(OCCOCCC(=O)O)cc2C(=O)c2c1[nH]c1cc(N)ccc21. The Morgan fingerprint density at radius 2 is 1.93 bits per heavy atom. The number of carboxylic acids is 1. The Balaban J connectivity index is 1.59. The number of aromatic amines is 1. The second kappa shape index (κ2) is 7.50. The number of nitrogens with two attached hydrogens (primary N) is 1. The Kier molecular flexibility index (Phi) is 4.99. The maximum Gasteiger partial charge on any atom is 0.305 e. The third-order valence-electron chi connectivity index (χ3n) is 5.54. The number of nitrogen functional groups attached to an aromatic ring is 1. The molecule has 0 saturated carbocycles. The van der Waals surface area contributed by atoms with E-state index in [1.165, 1.54) is 0 Å². The fraction of sp³-hybridized carbons (Fsp3) is 0.304. The van der Waals surface area contributed by atoms with E-state index < -0.39 is 5.97 Å². The van der Waals surface area contributed by atoms with Crippen LogP contribution < -0.4 is 10.5 Å². The number of fused-ring (bicyclic) bond motifs is 4. The molecule has 1 aliphatic carbocycles. The molecule has 1 heterocycles. The predicted molar refractivity (Wildman–Crippen MR) is 113 cm³/mol. The van der Waals surface area contributed by atoms with E-state index in [-0.39, 0.29) is 37.4 Å². The number of aromatic nitrogens is 1. The minimum absolute atomic E-state index is 0.0406. The number of hydrogen-bond donors (Lipinski definition) is 3. The van der Waals surface area contributed by atoms with E-state index in [4.69, 9.17) is 20.3 Å². The topological polar surface area (TPSA) is 115 Å². The maximum atomic E-state index is 13.4. The summed E-state index contributed by atoms with van der Waals surface area (Å²) in [7, 11) is 0. The van der Waals surface area contributed by atoms with Gasteiger partial charge in [-0.05, 0) is 29.8 Å². The molecule has 2 aromatic carbocycles. The number of ketones is 1. The molecule has 1 aliphatic rings. The second-order valence-corrected chi connectivity index (χ2v) is 7.95. The van der Waals surface area contributed by atoms with Crippen molar-refractivity contribution in [3.63, 3.8) is 0 Å². The Morgan fingerprint density at radius 1 is 1.13 bits per heavy atom. The highest BCUT2D eigenvalue weighted by molar-refractivity contribution is 6.20. The molecule has 7 heteroatoms. The summed E-state index contributed by atoms with van der Waals surface area (Å²) in [6.45, 7) is 4.87. The van der Waals surface area contributed by atoms with Crippen LogP contribution in [0.15, 0.2) is 36.4 Å². The van der Waals surface area contributed by atoms with Gasteiger partial charge in [0.25, 0.3) is 0 Å². The lowest BCUT2D eigenvalue weighted by Gasteiger charge is -2.32. The molecule has 0 amide bonds. The average Bonchev–Trinajstić information content (AvgIpc) is 3.08. The van der Waals surface area contributed by atoms with Crippen molar-refractivity contribution in [3.05, 3.63) is 58.8 Å². The van der Waals surface area contributed by atoms with E-state index in [0.717, 1.165) is 22.2 Å². The number of carbonyl (C=O) groups is 2. The number of nitrogens with one attached hydrogen (secondary N) is 1. The lowest BCUT2D eigenvalue weighted by atomic mass is 9.71. The summed E-state index contributed by atoms with van der Waals surface area (Å²) in [5, 5.41) is 9.47. The first-order valence-electron chi connectivity index (χ1n) is 9.82. The number of anilines is 1. The van der Waals surface area contributed by atoms with Crippen molar-refractivity contribution in [1.82, 2.24) is 4.98 Å². The van der Waals surface area contributed by atoms with E-state index >= 15 is 0 Å². The van der Waals surface area contributed by atoms with Crippen LogP contribution in [0.5, 0.6) is 5.75 Å². The zero-order chi connectivity index (χ0) is 21.5. The average molecular weight is 408 g/mol. The number of ether oxygens (including phenoxy) is 2. The van der Waals surface area contributed by atoms with Gasteiger partial charge in [0.1, 0.15) is 12.4 Å². The molecule has 1 aromatic heterocycles. The summed E-state index contributed by atoms with van der Waals surface area (Å²) < 4.78 is 11.0. The van der Waals surface area contributed by atoms with Crippen molar-refractivity contribution in [2.24, 2.45) is 0 Å².